The zero-order valence-corrected chi connectivity index (χ0v) is 11.0. The Hall–Kier alpha value is -1.78. The van der Waals surface area contributed by atoms with Crippen LogP contribution in [0.3, 0.4) is 0 Å². The van der Waals surface area contributed by atoms with Crippen LogP contribution in [0.15, 0.2) is 48.5 Å². The van der Waals surface area contributed by atoms with Crippen molar-refractivity contribution in [3.8, 4) is 0 Å². The molecule has 0 radical (unpaired) electrons. The van der Waals surface area contributed by atoms with Crippen LogP contribution in [0.5, 0.6) is 0 Å². The zero-order valence-electron chi connectivity index (χ0n) is 11.0. The molecule has 0 aliphatic rings. The Morgan fingerprint density at radius 1 is 0.900 bits per heavy atom. The van der Waals surface area contributed by atoms with Gasteiger partial charge in [-0.1, -0.05) is 42.5 Å². The summed E-state index contributed by atoms with van der Waals surface area (Å²) in [7, 11) is 0. The number of aliphatic hydroxyl groups excluding tert-OH is 1. The Bertz CT molecular complexity index is 540. The highest BCUT2D eigenvalue weighted by Gasteiger charge is 2.06. The summed E-state index contributed by atoms with van der Waals surface area (Å²) < 4.78 is 25.1. The predicted molar refractivity (Wildman–Crippen MR) is 74.3 cm³/mol. The monoisotopic (exact) mass is 277 g/mol. The van der Waals surface area contributed by atoms with Gasteiger partial charge in [-0.3, -0.25) is 0 Å². The molecule has 0 aliphatic heterocycles. The summed E-state index contributed by atoms with van der Waals surface area (Å²) in [5, 5.41) is 12.2. The van der Waals surface area contributed by atoms with E-state index in [9.17, 15) is 8.78 Å². The van der Waals surface area contributed by atoms with Crippen molar-refractivity contribution < 1.29 is 13.9 Å². The molecule has 0 fully saturated rings. The van der Waals surface area contributed by atoms with Crippen molar-refractivity contribution in [1.29, 1.82) is 0 Å². The summed E-state index contributed by atoms with van der Waals surface area (Å²) in [6.07, 6.45) is -2.43. The maximum absolute atomic E-state index is 12.6. The van der Waals surface area contributed by atoms with Crippen LogP contribution in [0.25, 0.3) is 0 Å². The molecule has 0 amide bonds. The molecule has 2 N–H and O–H groups in total. The summed E-state index contributed by atoms with van der Waals surface area (Å²) in [5.41, 5.74) is 2.86. The molecule has 0 saturated heterocycles. The van der Waals surface area contributed by atoms with Crippen LogP contribution in [0, 0.1) is 0 Å². The Morgan fingerprint density at radius 2 is 1.55 bits per heavy atom. The third kappa shape index (κ3) is 4.11. The maximum Gasteiger partial charge on any atom is 0.263 e. The van der Waals surface area contributed by atoms with E-state index in [1.54, 1.807) is 6.07 Å². The summed E-state index contributed by atoms with van der Waals surface area (Å²) in [6.45, 7) is 1.24. The molecule has 0 unspecified atom stereocenters. The number of benzene rings is 2. The highest BCUT2D eigenvalue weighted by atomic mass is 19.3. The fourth-order valence-corrected chi connectivity index (χ4v) is 1.95. The zero-order chi connectivity index (χ0) is 14.4. The number of aliphatic hydroxyl groups is 1. The van der Waals surface area contributed by atoms with E-state index >= 15 is 0 Å². The minimum Gasteiger partial charge on any atom is -0.392 e. The fraction of sp³-hybridized carbons (Fsp3) is 0.250. The van der Waals surface area contributed by atoms with E-state index in [4.69, 9.17) is 5.11 Å². The average molecular weight is 277 g/mol. The van der Waals surface area contributed by atoms with Crippen LogP contribution in [0.2, 0.25) is 0 Å². The third-order valence-corrected chi connectivity index (χ3v) is 3.07. The van der Waals surface area contributed by atoms with Gasteiger partial charge in [0, 0.05) is 18.7 Å². The fourth-order valence-electron chi connectivity index (χ4n) is 1.95. The minimum atomic E-state index is -2.43. The van der Waals surface area contributed by atoms with Crippen molar-refractivity contribution in [3.63, 3.8) is 0 Å². The summed E-state index contributed by atoms with van der Waals surface area (Å²) >= 11 is 0. The highest BCUT2D eigenvalue weighted by molar-refractivity contribution is 5.25. The first-order valence-electron chi connectivity index (χ1n) is 6.45. The van der Waals surface area contributed by atoms with Gasteiger partial charge < -0.3 is 10.4 Å². The normalized spacial score (nSPS) is 11.0. The standard InChI is InChI=1S/C16H17F2NO/c17-16(18)15-3-1-2-14(8-15)10-19-9-12-4-6-13(11-20)7-5-12/h1-8,16,19-20H,9-11H2. The number of nitrogens with one attached hydrogen (secondary N) is 1. The number of hydrogen-bond acceptors (Lipinski definition) is 2. The molecular formula is C16H17F2NO. The first-order valence-corrected chi connectivity index (χ1v) is 6.45. The molecule has 2 aromatic rings. The second kappa shape index (κ2) is 7.12. The number of alkyl halides is 2. The van der Waals surface area contributed by atoms with Gasteiger partial charge in [-0.05, 0) is 22.8 Å². The van der Waals surface area contributed by atoms with Crippen molar-refractivity contribution in [1.82, 2.24) is 5.32 Å². The SMILES string of the molecule is OCc1ccc(CNCc2cccc(C(F)F)c2)cc1. The summed E-state index contributed by atoms with van der Waals surface area (Å²) in [4.78, 5) is 0. The van der Waals surface area contributed by atoms with Gasteiger partial charge in [-0.15, -0.1) is 0 Å². The molecule has 0 bridgehead atoms. The molecule has 0 spiro atoms. The molecule has 20 heavy (non-hydrogen) atoms. The first kappa shape index (κ1) is 14.6. The van der Waals surface area contributed by atoms with Crippen molar-refractivity contribution in [2.75, 3.05) is 0 Å². The van der Waals surface area contributed by atoms with E-state index in [0.29, 0.717) is 13.1 Å². The van der Waals surface area contributed by atoms with E-state index in [1.165, 1.54) is 12.1 Å². The van der Waals surface area contributed by atoms with Gasteiger partial charge in [0.2, 0.25) is 0 Å². The molecule has 2 rings (SSSR count). The molecule has 0 aromatic heterocycles. The van der Waals surface area contributed by atoms with Crippen LogP contribution < -0.4 is 5.32 Å². The predicted octanol–water partition coefficient (Wildman–Crippen LogP) is 3.41. The lowest BCUT2D eigenvalue weighted by Gasteiger charge is -2.07. The lowest BCUT2D eigenvalue weighted by molar-refractivity contribution is 0.151. The molecular weight excluding hydrogens is 260 g/mol. The molecule has 106 valence electrons. The lowest BCUT2D eigenvalue weighted by Crippen LogP contribution is -2.12. The van der Waals surface area contributed by atoms with Crippen molar-refractivity contribution >= 4 is 0 Å². The van der Waals surface area contributed by atoms with Gasteiger partial charge >= 0.3 is 0 Å². The molecule has 0 heterocycles. The Labute approximate surface area is 117 Å². The van der Waals surface area contributed by atoms with Crippen LogP contribution in [-0.4, -0.2) is 5.11 Å². The van der Waals surface area contributed by atoms with Crippen LogP contribution in [0.4, 0.5) is 8.78 Å². The Kier molecular flexibility index (Phi) is 5.21. The van der Waals surface area contributed by atoms with Gasteiger partial charge in [0.15, 0.2) is 0 Å². The summed E-state index contributed by atoms with van der Waals surface area (Å²) in [5.74, 6) is 0. The second-order valence-corrected chi connectivity index (χ2v) is 4.62. The minimum absolute atomic E-state index is 0.0358. The van der Waals surface area contributed by atoms with Gasteiger partial charge in [0.1, 0.15) is 0 Å². The largest absolute Gasteiger partial charge is 0.392 e. The number of halogens is 2. The average Bonchev–Trinajstić information content (AvgIpc) is 2.48. The molecule has 0 saturated carbocycles. The van der Waals surface area contributed by atoms with Crippen molar-refractivity contribution in [2.45, 2.75) is 26.1 Å². The lowest BCUT2D eigenvalue weighted by atomic mass is 10.1. The Morgan fingerprint density at radius 3 is 2.20 bits per heavy atom. The van der Waals surface area contributed by atoms with Gasteiger partial charge in [-0.2, -0.15) is 0 Å². The quantitative estimate of drug-likeness (QED) is 0.848. The number of hydrogen-bond donors (Lipinski definition) is 2. The van der Waals surface area contributed by atoms with Gasteiger partial charge in [0.05, 0.1) is 6.61 Å². The molecule has 0 atom stereocenters. The van der Waals surface area contributed by atoms with E-state index in [-0.39, 0.29) is 12.2 Å². The van der Waals surface area contributed by atoms with E-state index in [0.717, 1.165) is 16.7 Å². The van der Waals surface area contributed by atoms with E-state index in [2.05, 4.69) is 5.32 Å². The number of rotatable bonds is 6. The second-order valence-electron chi connectivity index (χ2n) is 4.62. The highest BCUT2D eigenvalue weighted by Crippen LogP contribution is 2.19. The van der Waals surface area contributed by atoms with Crippen LogP contribution in [-0.2, 0) is 19.7 Å². The van der Waals surface area contributed by atoms with Crippen molar-refractivity contribution in [2.24, 2.45) is 0 Å². The molecule has 2 aromatic carbocycles. The maximum atomic E-state index is 12.6. The van der Waals surface area contributed by atoms with Crippen LogP contribution >= 0.6 is 0 Å². The van der Waals surface area contributed by atoms with E-state index in [1.807, 2.05) is 30.3 Å². The molecule has 2 nitrogen and oxygen atoms in total. The topological polar surface area (TPSA) is 32.3 Å². The smallest absolute Gasteiger partial charge is 0.263 e. The van der Waals surface area contributed by atoms with E-state index < -0.39 is 6.43 Å². The molecule has 0 aliphatic carbocycles. The Balaban J connectivity index is 1.87. The van der Waals surface area contributed by atoms with Gasteiger partial charge in [-0.25, -0.2) is 8.78 Å². The summed E-state index contributed by atoms with van der Waals surface area (Å²) in [6, 6.07) is 14.0. The molecule has 4 heteroatoms. The van der Waals surface area contributed by atoms with Crippen molar-refractivity contribution in [3.05, 3.63) is 70.8 Å². The first-order chi connectivity index (χ1) is 9.69. The van der Waals surface area contributed by atoms with Gasteiger partial charge in [0.25, 0.3) is 6.43 Å². The van der Waals surface area contributed by atoms with Crippen LogP contribution in [0.1, 0.15) is 28.7 Å². The third-order valence-electron chi connectivity index (χ3n) is 3.07.